The van der Waals surface area contributed by atoms with Gasteiger partial charge in [0.15, 0.2) is 0 Å². The van der Waals surface area contributed by atoms with Crippen LogP contribution in [-0.2, 0) is 4.74 Å². The molecule has 1 N–H and O–H groups in total. The number of rotatable bonds is 4. The molecule has 1 aliphatic heterocycles. The van der Waals surface area contributed by atoms with E-state index in [0.717, 1.165) is 54.0 Å². The highest BCUT2D eigenvalue weighted by molar-refractivity contribution is 5.92. The van der Waals surface area contributed by atoms with Crippen molar-refractivity contribution in [2.24, 2.45) is 0 Å². The Morgan fingerprint density at radius 2 is 1.50 bits per heavy atom. The first-order chi connectivity index (χ1) is 14.7. The third kappa shape index (κ3) is 3.28. The molecule has 4 heteroatoms. The number of hydrogen-bond acceptors (Lipinski definition) is 3. The summed E-state index contributed by atoms with van der Waals surface area (Å²) in [5, 5.41) is 12.3. The number of benzene rings is 3. The minimum Gasteiger partial charge on any atom is -0.428 e. The molecule has 1 saturated heterocycles. The fraction of sp³-hybridized carbons (Fsp3) is 0.231. The summed E-state index contributed by atoms with van der Waals surface area (Å²) < 4.78 is 7.01. The lowest BCUT2D eigenvalue weighted by Gasteiger charge is -2.35. The zero-order valence-corrected chi connectivity index (χ0v) is 17.2. The van der Waals surface area contributed by atoms with Gasteiger partial charge >= 0.3 is 0 Å². The van der Waals surface area contributed by atoms with E-state index in [0.29, 0.717) is 0 Å². The summed E-state index contributed by atoms with van der Waals surface area (Å²) in [4.78, 5) is 2.47. The number of aromatic nitrogens is 1. The third-order valence-corrected chi connectivity index (χ3v) is 6.01. The van der Waals surface area contributed by atoms with Gasteiger partial charge in [0.2, 0.25) is 0 Å². The Labute approximate surface area is 176 Å². The van der Waals surface area contributed by atoms with Crippen molar-refractivity contribution in [3.8, 4) is 11.3 Å². The standard InChI is InChI=1S/C26H26N2O2/c1-19-11-13-21(14-12-19)25(27-15-17-30-18-16-27)24-22-9-5-6-10-23(22)28(29)26(24)20-7-3-2-4-8-20/h2-14,25,29H,15-18H2,1H3/t25-/m1/s1. The zero-order chi connectivity index (χ0) is 20.5. The summed E-state index contributed by atoms with van der Waals surface area (Å²) in [5.74, 6) is 0. The van der Waals surface area contributed by atoms with Crippen molar-refractivity contribution in [1.82, 2.24) is 9.63 Å². The molecule has 0 amide bonds. The fourth-order valence-electron chi connectivity index (χ4n) is 4.54. The van der Waals surface area contributed by atoms with Crippen molar-refractivity contribution in [2.45, 2.75) is 13.0 Å². The van der Waals surface area contributed by atoms with Crippen molar-refractivity contribution in [1.29, 1.82) is 0 Å². The second kappa shape index (κ2) is 7.98. The van der Waals surface area contributed by atoms with Gasteiger partial charge in [-0.1, -0.05) is 78.4 Å². The van der Waals surface area contributed by atoms with Crippen LogP contribution in [0, 0.1) is 6.92 Å². The lowest BCUT2D eigenvalue weighted by Crippen LogP contribution is -2.39. The summed E-state index contributed by atoms with van der Waals surface area (Å²) in [7, 11) is 0. The number of para-hydroxylation sites is 1. The second-order valence-corrected chi connectivity index (χ2v) is 7.92. The van der Waals surface area contributed by atoms with Crippen LogP contribution < -0.4 is 0 Å². The maximum atomic E-state index is 11.2. The van der Waals surface area contributed by atoms with E-state index in [9.17, 15) is 5.21 Å². The number of hydrogen-bond donors (Lipinski definition) is 1. The Bertz CT molecular complexity index is 1140. The third-order valence-electron chi connectivity index (χ3n) is 6.01. The molecule has 0 unspecified atom stereocenters. The average molecular weight is 399 g/mol. The monoisotopic (exact) mass is 398 g/mol. The van der Waals surface area contributed by atoms with Gasteiger partial charge in [-0.2, -0.15) is 4.73 Å². The van der Waals surface area contributed by atoms with E-state index < -0.39 is 0 Å². The maximum Gasteiger partial charge on any atom is 0.0930 e. The first-order valence-corrected chi connectivity index (χ1v) is 10.5. The first-order valence-electron chi connectivity index (χ1n) is 10.5. The molecule has 30 heavy (non-hydrogen) atoms. The molecule has 1 aliphatic rings. The number of ether oxygens (including phenoxy) is 1. The van der Waals surface area contributed by atoms with Crippen molar-refractivity contribution in [3.05, 3.63) is 95.6 Å². The topological polar surface area (TPSA) is 37.6 Å². The van der Waals surface area contributed by atoms with Crippen LogP contribution in [-0.4, -0.2) is 41.1 Å². The van der Waals surface area contributed by atoms with Gasteiger partial charge in [0.1, 0.15) is 0 Å². The normalized spacial score (nSPS) is 16.0. The van der Waals surface area contributed by atoms with Crippen LogP contribution in [0.5, 0.6) is 0 Å². The van der Waals surface area contributed by atoms with E-state index in [4.69, 9.17) is 4.74 Å². The van der Waals surface area contributed by atoms with Crippen LogP contribution in [0.25, 0.3) is 22.2 Å². The number of nitrogens with zero attached hydrogens (tertiary/aromatic N) is 2. The Hall–Kier alpha value is -3.08. The molecule has 5 rings (SSSR count). The molecule has 1 fully saturated rings. The quantitative estimate of drug-likeness (QED) is 0.476. The van der Waals surface area contributed by atoms with Gasteiger partial charge in [-0.3, -0.25) is 4.90 Å². The number of fused-ring (bicyclic) bond motifs is 1. The Balaban J connectivity index is 1.80. The highest BCUT2D eigenvalue weighted by Gasteiger charge is 2.31. The molecule has 4 nitrogen and oxygen atoms in total. The van der Waals surface area contributed by atoms with Gasteiger partial charge in [-0.15, -0.1) is 0 Å². The number of aryl methyl sites for hydroxylation is 1. The maximum absolute atomic E-state index is 11.2. The smallest absolute Gasteiger partial charge is 0.0930 e. The molecular weight excluding hydrogens is 372 g/mol. The van der Waals surface area contributed by atoms with Crippen LogP contribution in [0.3, 0.4) is 0 Å². The predicted octanol–water partition coefficient (Wildman–Crippen LogP) is 5.28. The molecule has 4 aromatic rings. The van der Waals surface area contributed by atoms with Crippen LogP contribution in [0.4, 0.5) is 0 Å². The minimum atomic E-state index is 0.0306. The largest absolute Gasteiger partial charge is 0.428 e. The number of morpholine rings is 1. The lowest BCUT2D eigenvalue weighted by atomic mass is 9.91. The Morgan fingerprint density at radius 1 is 0.833 bits per heavy atom. The Kier molecular flexibility index (Phi) is 5.03. The van der Waals surface area contributed by atoms with Crippen LogP contribution >= 0.6 is 0 Å². The summed E-state index contributed by atoms with van der Waals surface area (Å²) >= 11 is 0. The zero-order valence-electron chi connectivity index (χ0n) is 17.2. The molecule has 0 spiro atoms. The van der Waals surface area contributed by atoms with Crippen molar-refractivity contribution < 1.29 is 9.94 Å². The molecule has 0 bridgehead atoms. The van der Waals surface area contributed by atoms with Crippen LogP contribution in [0.2, 0.25) is 0 Å². The van der Waals surface area contributed by atoms with Gasteiger partial charge in [0.25, 0.3) is 0 Å². The van der Waals surface area contributed by atoms with E-state index in [1.807, 2.05) is 36.4 Å². The van der Waals surface area contributed by atoms with Crippen LogP contribution in [0.15, 0.2) is 78.9 Å². The van der Waals surface area contributed by atoms with Gasteiger partial charge in [-0.25, -0.2) is 0 Å². The Morgan fingerprint density at radius 3 is 2.23 bits per heavy atom. The molecule has 0 aliphatic carbocycles. The van der Waals surface area contributed by atoms with E-state index in [1.54, 1.807) is 0 Å². The van der Waals surface area contributed by atoms with Crippen LogP contribution in [0.1, 0.15) is 22.7 Å². The lowest BCUT2D eigenvalue weighted by molar-refractivity contribution is 0.0241. The SMILES string of the molecule is Cc1ccc([C@H](c2c(-c3ccccc3)n(O)c3ccccc23)N2CCOCC2)cc1. The van der Waals surface area contributed by atoms with Gasteiger partial charge in [0, 0.05) is 29.6 Å². The van der Waals surface area contributed by atoms with Crippen molar-refractivity contribution in [3.63, 3.8) is 0 Å². The van der Waals surface area contributed by atoms with Crippen molar-refractivity contribution in [2.75, 3.05) is 26.3 Å². The summed E-state index contributed by atoms with van der Waals surface area (Å²) in [5.41, 5.74) is 6.32. The molecular formula is C26H26N2O2. The molecule has 1 aromatic heterocycles. The highest BCUT2D eigenvalue weighted by Crippen LogP contribution is 2.42. The molecule has 152 valence electrons. The predicted molar refractivity (Wildman–Crippen MR) is 120 cm³/mol. The summed E-state index contributed by atoms with van der Waals surface area (Å²) in [6.07, 6.45) is 0. The van der Waals surface area contributed by atoms with E-state index in [2.05, 4.69) is 54.3 Å². The molecule has 0 radical (unpaired) electrons. The highest BCUT2D eigenvalue weighted by atomic mass is 16.5. The summed E-state index contributed by atoms with van der Waals surface area (Å²) in [6, 6.07) is 27.1. The van der Waals surface area contributed by atoms with E-state index in [1.165, 1.54) is 15.9 Å². The average Bonchev–Trinajstić information content (AvgIpc) is 3.09. The van der Waals surface area contributed by atoms with Gasteiger partial charge < -0.3 is 9.94 Å². The molecule has 1 atom stereocenters. The van der Waals surface area contributed by atoms with E-state index >= 15 is 0 Å². The second-order valence-electron chi connectivity index (χ2n) is 7.92. The first kappa shape index (κ1) is 18.9. The summed E-state index contributed by atoms with van der Waals surface area (Å²) in [6.45, 7) is 5.28. The minimum absolute atomic E-state index is 0.0306. The molecule has 2 heterocycles. The van der Waals surface area contributed by atoms with Crippen molar-refractivity contribution >= 4 is 10.9 Å². The molecule has 3 aromatic carbocycles. The molecule has 0 saturated carbocycles. The van der Waals surface area contributed by atoms with E-state index in [-0.39, 0.29) is 6.04 Å². The fourth-order valence-corrected chi connectivity index (χ4v) is 4.54. The van der Waals surface area contributed by atoms with Gasteiger partial charge in [-0.05, 0) is 18.6 Å². The van der Waals surface area contributed by atoms with Gasteiger partial charge in [0.05, 0.1) is 30.5 Å².